The molecule has 0 spiro atoms. The van der Waals surface area contributed by atoms with Crippen LogP contribution < -0.4 is 10.1 Å². The summed E-state index contributed by atoms with van der Waals surface area (Å²) in [7, 11) is 1.55. The van der Waals surface area contributed by atoms with Gasteiger partial charge in [-0.15, -0.1) is 0 Å². The van der Waals surface area contributed by atoms with E-state index in [-0.39, 0.29) is 12.6 Å². The highest BCUT2D eigenvalue weighted by Gasteiger charge is 2.13. The second-order valence-electron chi connectivity index (χ2n) is 3.58. The van der Waals surface area contributed by atoms with Gasteiger partial charge in [-0.2, -0.15) is 0 Å². The molecule has 0 bridgehead atoms. The lowest BCUT2D eigenvalue weighted by atomic mass is 10.3. The normalized spacial score (nSPS) is 10.0. The van der Waals surface area contributed by atoms with E-state index in [9.17, 15) is 4.79 Å². The number of aliphatic hydroxyl groups excluding tert-OH is 1. The van der Waals surface area contributed by atoms with Gasteiger partial charge in [-0.05, 0) is 25.1 Å². The van der Waals surface area contributed by atoms with Crippen molar-refractivity contribution in [2.24, 2.45) is 0 Å². The van der Waals surface area contributed by atoms with Crippen LogP contribution in [0.15, 0.2) is 22.7 Å². The number of hydrogen-bond donors (Lipinski definition) is 2. The molecule has 0 aromatic heterocycles. The zero-order chi connectivity index (χ0) is 13.5. The van der Waals surface area contributed by atoms with Crippen molar-refractivity contribution in [3.05, 3.63) is 22.7 Å². The number of anilines is 1. The fourth-order valence-corrected chi connectivity index (χ4v) is 1.86. The van der Waals surface area contributed by atoms with E-state index in [0.29, 0.717) is 24.5 Å². The number of rotatable bonds is 5. The summed E-state index contributed by atoms with van der Waals surface area (Å²) in [5.41, 5.74) is 0.591. The topological polar surface area (TPSA) is 61.8 Å². The summed E-state index contributed by atoms with van der Waals surface area (Å²) in [6.07, 6.45) is 0. The lowest BCUT2D eigenvalue weighted by molar-refractivity contribution is 0.192. The van der Waals surface area contributed by atoms with E-state index in [1.807, 2.05) is 13.0 Å². The maximum Gasteiger partial charge on any atom is 0.322 e. The molecule has 6 heteroatoms. The Morgan fingerprint density at radius 2 is 2.28 bits per heavy atom. The summed E-state index contributed by atoms with van der Waals surface area (Å²) in [6, 6.07) is 5.11. The molecule has 1 aromatic rings. The van der Waals surface area contributed by atoms with Gasteiger partial charge in [0, 0.05) is 17.6 Å². The summed E-state index contributed by atoms with van der Waals surface area (Å²) in [5, 5.41) is 11.6. The third kappa shape index (κ3) is 3.89. The molecule has 0 aliphatic carbocycles. The number of nitrogens with zero attached hydrogens (tertiary/aromatic N) is 1. The summed E-state index contributed by atoms with van der Waals surface area (Å²) in [5.74, 6) is 0.589. The van der Waals surface area contributed by atoms with E-state index in [1.54, 1.807) is 19.2 Å². The number of carbonyl (C=O) groups excluding carboxylic acids is 1. The predicted molar refractivity (Wildman–Crippen MR) is 74.0 cm³/mol. The Bertz CT molecular complexity index is 412. The number of nitrogens with one attached hydrogen (secondary N) is 1. The van der Waals surface area contributed by atoms with Crippen LogP contribution in [-0.2, 0) is 0 Å². The minimum Gasteiger partial charge on any atom is -0.495 e. The van der Waals surface area contributed by atoms with Crippen molar-refractivity contribution in [1.29, 1.82) is 0 Å². The SMILES string of the molecule is CCN(CCO)C(=O)Nc1cc(Br)ccc1OC. The number of benzene rings is 1. The Kier molecular flexibility index (Phi) is 5.94. The van der Waals surface area contributed by atoms with Crippen molar-refractivity contribution in [3.8, 4) is 5.75 Å². The van der Waals surface area contributed by atoms with Gasteiger partial charge in [0.1, 0.15) is 5.75 Å². The Balaban J connectivity index is 2.82. The van der Waals surface area contributed by atoms with Gasteiger partial charge in [0.15, 0.2) is 0 Å². The number of amides is 2. The standard InChI is InChI=1S/C12H17BrN2O3/c1-3-15(6-7-16)12(17)14-10-8-9(13)4-5-11(10)18-2/h4-5,8,16H,3,6-7H2,1-2H3,(H,14,17). The first-order chi connectivity index (χ1) is 8.62. The molecule has 1 rings (SSSR count). The summed E-state index contributed by atoms with van der Waals surface area (Å²) in [4.78, 5) is 13.5. The minimum absolute atomic E-state index is 0.0587. The molecular formula is C12H17BrN2O3. The van der Waals surface area contributed by atoms with Crippen molar-refractivity contribution in [2.45, 2.75) is 6.92 Å². The zero-order valence-electron chi connectivity index (χ0n) is 10.4. The van der Waals surface area contributed by atoms with Crippen LogP contribution in [0.1, 0.15) is 6.92 Å². The van der Waals surface area contributed by atoms with E-state index in [0.717, 1.165) is 4.47 Å². The van der Waals surface area contributed by atoms with Gasteiger partial charge in [-0.3, -0.25) is 0 Å². The highest BCUT2D eigenvalue weighted by molar-refractivity contribution is 9.10. The van der Waals surface area contributed by atoms with Gasteiger partial charge < -0.3 is 20.1 Å². The third-order valence-electron chi connectivity index (χ3n) is 2.44. The second kappa shape index (κ2) is 7.23. The third-order valence-corrected chi connectivity index (χ3v) is 2.94. The van der Waals surface area contributed by atoms with Crippen LogP contribution in [0.2, 0.25) is 0 Å². The maximum absolute atomic E-state index is 11.9. The predicted octanol–water partition coefficient (Wildman–Crippen LogP) is 2.30. The smallest absolute Gasteiger partial charge is 0.322 e. The van der Waals surface area contributed by atoms with E-state index in [1.165, 1.54) is 4.90 Å². The molecule has 5 nitrogen and oxygen atoms in total. The maximum atomic E-state index is 11.9. The van der Waals surface area contributed by atoms with Crippen LogP contribution in [0.25, 0.3) is 0 Å². The molecule has 2 N–H and O–H groups in total. The van der Waals surface area contributed by atoms with Crippen LogP contribution in [0.5, 0.6) is 5.75 Å². The molecule has 0 saturated carbocycles. The van der Waals surface area contributed by atoms with Gasteiger partial charge in [-0.1, -0.05) is 15.9 Å². The van der Waals surface area contributed by atoms with Crippen molar-refractivity contribution in [1.82, 2.24) is 4.90 Å². The Labute approximate surface area is 115 Å². The van der Waals surface area contributed by atoms with E-state index >= 15 is 0 Å². The molecule has 1 aromatic carbocycles. The number of aliphatic hydroxyl groups is 1. The Hall–Kier alpha value is -1.27. The monoisotopic (exact) mass is 316 g/mol. The van der Waals surface area contributed by atoms with Gasteiger partial charge in [0.25, 0.3) is 0 Å². The minimum atomic E-state index is -0.261. The number of ether oxygens (including phenoxy) is 1. The van der Waals surface area contributed by atoms with Crippen LogP contribution in [0.3, 0.4) is 0 Å². The van der Waals surface area contributed by atoms with Crippen molar-refractivity contribution in [3.63, 3.8) is 0 Å². The number of urea groups is 1. The summed E-state index contributed by atoms with van der Waals surface area (Å²) < 4.78 is 6.02. The molecule has 0 radical (unpaired) electrons. The van der Waals surface area contributed by atoms with Gasteiger partial charge >= 0.3 is 6.03 Å². The zero-order valence-corrected chi connectivity index (χ0v) is 12.0. The first-order valence-electron chi connectivity index (χ1n) is 5.62. The molecule has 18 heavy (non-hydrogen) atoms. The Morgan fingerprint density at radius 1 is 1.56 bits per heavy atom. The quantitative estimate of drug-likeness (QED) is 0.876. The fourth-order valence-electron chi connectivity index (χ4n) is 1.50. The van der Waals surface area contributed by atoms with Gasteiger partial charge in [0.2, 0.25) is 0 Å². The highest BCUT2D eigenvalue weighted by Crippen LogP contribution is 2.28. The van der Waals surface area contributed by atoms with Crippen molar-refractivity contribution < 1.29 is 14.6 Å². The molecular weight excluding hydrogens is 300 g/mol. The van der Waals surface area contributed by atoms with Crippen molar-refractivity contribution >= 4 is 27.6 Å². The van der Waals surface area contributed by atoms with Crippen molar-refractivity contribution in [2.75, 3.05) is 32.1 Å². The number of halogens is 1. The summed E-state index contributed by atoms with van der Waals surface area (Å²) >= 11 is 3.34. The number of carbonyl (C=O) groups is 1. The number of likely N-dealkylation sites (N-methyl/N-ethyl adjacent to an activating group) is 1. The first kappa shape index (κ1) is 14.8. The van der Waals surface area contributed by atoms with Gasteiger partial charge in [0.05, 0.1) is 19.4 Å². The van der Waals surface area contributed by atoms with Gasteiger partial charge in [-0.25, -0.2) is 4.79 Å². The number of hydrogen-bond acceptors (Lipinski definition) is 3. The lowest BCUT2D eigenvalue weighted by Crippen LogP contribution is -2.36. The molecule has 0 aliphatic rings. The molecule has 0 aliphatic heterocycles. The van der Waals surface area contributed by atoms with Crippen LogP contribution in [0, 0.1) is 0 Å². The van der Waals surface area contributed by atoms with Crippen LogP contribution in [-0.4, -0.2) is 42.8 Å². The van der Waals surface area contributed by atoms with Crippen LogP contribution >= 0.6 is 15.9 Å². The largest absolute Gasteiger partial charge is 0.495 e. The average Bonchev–Trinajstić information content (AvgIpc) is 2.36. The lowest BCUT2D eigenvalue weighted by Gasteiger charge is -2.21. The average molecular weight is 317 g/mol. The molecule has 0 fully saturated rings. The number of methoxy groups -OCH3 is 1. The molecule has 0 unspecified atom stereocenters. The van der Waals surface area contributed by atoms with E-state index in [4.69, 9.17) is 9.84 Å². The summed E-state index contributed by atoms with van der Waals surface area (Å²) in [6.45, 7) is 2.63. The van der Waals surface area contributed by atoms with Crippen LogP contribution in [0.4, 0.5) is 10.5 Å². The van der Waals surface area contributed by atoms with E-state index < -0.39 is 0 Å². The molecule has 0 heterocycles. The molecule has 100 valence electrons. The molecule has 2 amide bonds. The first-order valence-corrected chi connectivity index (χ1v) is 6.42. The highest BCUT2D eigenvalue weighted by atomic mass is 79.9. The Morgan fingerprint density at radius 3 is 2.83 bits per heavy atom. The van der Waals surface area contributed by atoms with E-state index in [2.05, 4.69) is 21.2 Å². The molecule has 0 saturated heterocycles. The molecule has 0 atom stereocenters. The second-order valence-corrected chi connectivity index (χ2v) is 4.49. The fraction of sp³-hybridized carbons (Fsp3) is 0.417.